The normalized spacial score (nSPS) is 24.1. The lowest BCUT2D eigenvalue weighted by Gasteiger charge is -2.29. The van der Waals surface area contributed by atoms with Crippen LogP contribution in [0.4, 0.5) is 10.1 Å². The molecule has 1 heterocycles. The number of hydrogen-bond acceptors (Lipinski definition) is 2. The predicted molar refractivity (Wildman–Crippen MR) is 83.7 cm³/mol. The summed E-state index contributed by atoms with van der Waals surface area (Å²) in [7, 11) is 0. The molecule has 0 spiro atoms. The fourth-order valence-electron chi connectivity index (χ4n) is 3.24. The SMILES string of the molecule is CCCNC(C)c1cc(F)ccc1N1CC(C)CC1C. The summed E-state index contributed by atoms with van der Waals surface area (Å²) in [6.07, 6.45) is 2.31. The number of rotatable bonds is 5. The van der Waals surface area contributed by atoms with E-state index in [2.05, 4.69) is 37.9 Å². The molecule has 0 aromatic heterocycles. The van der Waals surface area contributed by atoms with Crippen LogP contribution in [0.15, 0.2) is 18.2 Å². The summed E-state index contributed by atoms with van der Waals surface area (Å²) in [5, 5.41) is 3.47. The first-order valence-electron chi connectivity index (χ1n) is 7.82. The van der Waals surface area contributed by atoms with E-state index in [-0.39, 0.29) is 11.9 Å². The van der Waals surface area contributed by atoms with Crippen molar-refractivity contribution in [2.24, 2.45) is 5.92 Å². The topological polar surface area (TPSA) is 15.3 Å². The maximum atomic E-state index is 13.6. The summed E-state index contributed by atoms with van der Waals surface area (Å²) in [5.74, 6) is 0.565. The first-order chi connectivity index (χ1) is 9.52. The van der Waals surface area contributed by atoms with E-state index in [1.54, 1.807) is 12.1 Å². The molecule has 1 aromatic carbocycles. The second kappa shape index (κ2) is 6.57. The van der Waals surface area contributed by atoms with Crippen LogP contribution in [-0.2, 0) is 0 Å². The average Bonchev–Trinajstić information content (AvgIpc) is 2.74. The Morgan fingerprint density at radius 2 is 2.15 bits per heavy atom. The van der Waals surface area contributed by atoms with E-state index in [9.17, 15) is 4.39 Å². The third kappa shape index (κ3) is 3.32. The Hall–Kier alpha value is -1.09. The van der Waals surface area contributed by atoms with Crippen molar-refractivity contribution in [1.82, 2.24) is 5.32 Å². The van der Waals surface area contributed by atoms with Gasteiger partial charge in [0.05, 0.1) is 0 Å². The smallest absolute Gasteiger partial charge is 0.123 e. The molecular formula is C17H27FN2. The molecule has 1 saturated heterocycles. The van der Waals surface area contributed by atoms with Gasteiger partial charge >= 0.3 is 0 Å². The summed E-state index contributed by atoms with van der Waals surface area (Å²) >= 11 is 0. The summed E-state index contributed by atoms with van der Waals surface area (Å²) in [6.45, 7) is 10.9. The van der Waals surface area contributed by atoms with Crippen LogP contribution in [-0.4, -0.2) is 19.1 Å². The zero-order chi connectivity index (χ0) is 14.7. The third-order valence-corrected chi connectivity index (χ3v) is 4.25. The van der Waals surface area contributed by atoms with Gasteiger partial charge in [0.15, 0.2) is 0 Å². The zero-order valence-electron chi connectivity index (χ0n) is 13.1. The van der Waals surface area contributed by atoms with Gasteiger partial charge in [0.25, 0.3) is 0 Å². The van der Waals surface area contributed by atoms with Crippen molar-refractivity contribution in [3.8, 4) is 0 Å². The predicted octanol–water partition coefficient (Wildman–Crippen LogP) is 4.12. The average molecular weight is 278 g/mol. The van der Waals surface area contributed by atoms with Gasteiger partial charge in [0.1, 0.15) is 5.82 Å². The van der Waals surface area contributed by atoms with Crippen LogP contribution in [0.2, 0.25) is 0 Å². The van der Waals surface area contributed by atoms with Gasteiger partial charge in [-0.15, -0.1) is 0 Å². The highest BCUT2D eigenvalue weighted by Crippen LogP contribution is 2.34. The number of nitrogens with one attached hydrogen (secondary N) is 1. The second-order valence-electron chi connectivity index (χ2n) is 6.22. The van der Waals surface area contributed by atoms with Crippen LogP contribution in [0.3, 0.4) is 0 Å². The van der Waals surface area contributed by atoms with Crippen molar-refractivity contribution < 1.29 is 4.39 Å². The van der Waals surface area contributed by atoms with Gasteiger partial charge in [-0.1, -0.05) is 13.8 Å². The Morgan fingerprint density at radius 3 is 2.75 bits per heavy atom. The standard InChI is InChI=1S/C17H27FN2/c1-5-8-19-14(4)16-10-15(18)6-7-17(16)20-11-12(2)9-13(20)3/h6-7,10,12-14,19H,5,8-9,11H2,1-4H3. The van der Waals surface area contributed by atoms with Crippen molar-refractivity contribution in [2.45, 2.75) is 52.6 Å². The molecule has 1 fully saturated rings. The summed E-state index contributed by atoms with van der Waals surface area (Å²) in [5.41, 5.74) is 2.28. The van der Waals surface area contributed by atoms with Crippen LogP contribution >= 0.6 is 0 Å². The Labute approximate surface area is 122 Å². The van der Waals surface area contributed by atoms with Crippen LogP contribution in [0.5, 0.6) is 0 Å². The molecule has 3 atom stereocenters. The molecule has 20 heavy (non-hydrogen) atoms. The first kappa shape index (κ1) is 15.3. The molecule has 0 bridgehead atoms. The van der Waals surface area contributed by atoms with Crippen molar-refractivity contribution in [1.29, 1.82) is 0 Å². The van der Waals surface area contributed by atoms with E-state index in [4.69, 9.17) is 0 Å². The highest BCUT2D eigenvalue weighted by molar-refractivity contribution is 5.56. The van der Waals surface area contributed by atoms with Crippen LogP contribution < -0.4 is 10.2 Å². The Bertz CT molecular complexity index is 447. The molecule has 0 saturated carbocycles. The van der Waals surface area contributed by atoms with Crippen molar-refractivity contribution in [3.63, 3.8) is 0 Å². The molecule has 1 aliphatic heterocycles. The molecule has 0 amide bonds. The Balaban J connectivity index is 2.28. The van der Waals surface area contributed by atoms with Gasteiger partial charge in [-0.05, 0) is 62.9 Å². The van der Waals surface area contributed by atoms with Crippen molar-refractivity contribution in [2.75, 3.05) is 18.0 Å². The van der Waals surface area contributed by atoms with E-state index < -0.39 is 0 Å². The zero-order valence-corrected chi connectivity index (χ0v) is 13.1. The van der Waals surface area contributed by atoms with E-state index in [1.807, 2.05) is 6.07 Å². The van der Waals surface area contributed by atoms with Crippen LogP contribution in [0.25, 0.3) is 0 Å². The summed E-state index contributed by atoms with van der Waals surface area (Å²) in [6, 6.07) is 5.94. The second-order valence-corrected chi connectivity index (χ2v) is 6.22. The number of nitrogens with zero attached hydrogens (tertiary/aromatic N) is 1. The fraction of sp³-hybridized carbons (Fsp3) is 0.647. The molecule has 1 aromatic rings. The maximum Gasteiger partial charge on any atom is 0.123 e. The summed E-state index contributed by atoms with van der Waals surface area (Å²) in [4.78, 5) is 2.43. The molecule has 0 aliphatic carbocycles. The largest absolute Gasteiger partial charge is 0.368 e. The first-order valence-corrected chi connectivity index (χ1v) is 7.82. The van der Waals surface area contributed by atoms with E-state index in [0.717, 1.165) is 25.1 Å². The monoisotopic (exact) mass is 278 g/mol. The minimum atomic E-state index is -0.145. The van der Waals surface area contributed by atoms with Gasteiger partial charge < -0.3 is 10.2 Å². The highest BCUT2D eigenvalue weighted by Gasteiger charge is 2.28. The molecule has 3 unspecified atom stereocenters. The van der Waals surface area contributed by atoms with Gasteiger partial charge in [0, 0.05) is 24.3 Å². The van der Waals surface area contributed by atoms with E-state index in [1.165, 1.54) is 12.1 Å². The minimum absolute atomic E-state index is 0.145. The van der Waals surface area contributed by atoms with Crippen LogP contribution in [0.1, 0.15) is 52.1 Å². The lowest BCUT2D eigenvalue weighted by atomic mass is 10.0. The molecule has 1 aliphatic rings. The number of benzene rings is 1. The van der Waals surface area contributed by atoms with Crippen molar-refractivity contribution >= 4 is 5.69 Å². The number of halogens is 1. The Kier molecular flexibility index (Phi) is 5.03. The molecule has 2 nitrogen and oxygen atoms in total. The minimum Gasteiger partial charge on any atom is -0.368 e. The van der Waals surface area contributed by atoms with Gasteiger partial charge in [-0.3, -0.25) is 0 Å². The maximum absolute atomic E-state index is 13.6. The van der Waals surface area contributed by atoms with E-state index >= 15 is 0 Å². The lowest BCUT2D eigenvalue weighted by Crippen LogP contribution is -2.30. The Morgan fingerprint density at radius 1 is 1.40 bits per heavy atom. The van der Waals surface area contributed by atoms with Crippen molar-refractivity contribution in [3.05, 3.63) is 29.6 Å². The van der Waals surface area contributed by atoms with Crippen LogP contribution in [0, 0.1) is 11.7 Å². The van der Waals surface area contributed by atoms with E-state index in [0.29, 0.717) is 12.0 Å². The lowest BCUT2D eigenvalue weighted by molar-refractivity contribution is 0.559. The molecule has 2 rings (SSSR count). The third-order valence-electron chi connectivity index (χ3n) is 4.25. The highest BCUT2D eigenvalue weighted by atomic mass is 19.1. The van der Waals surface area contributed by atoms with Gasteiger partial charge in [-0.2, -0.15) is 0 Å². The summed E-state index contributed by atoms with van der Waals surface area (Å²) < 4.78 is 13.6. The molecule has 112 valence electrons. The number of anilines is 1. The molecular weight excluding hydrogens is 251 g/mol. The molecule has 0 radical (unpaired) electrons. The molecule has 3 heteroatoms. The fourth-order valence-corrected chi connectivity index (χ4v) is 3.24. The van der Waals surface area contributed by atoms with Gasteiger partial charge in [0.2, 0.25) is 0 Å². The van der Waals surface area contributed by atoms with Gasteiger partial charge in [-0.25, -0.2) is 4.39 Å². The quantitative estimate of drug-likeness (QED) is 0.871. The number of hydrogen-bond donors (Lipinski definition) is 1. The molecule has 1 N–H and O–H groups in total.